The topological polar surface area (TPSA) is 74.8 Å². The molecular weight excluding hydrogens is 377 g/mol. The van der Waals surface area contributed by atoms with Crippen LogP contribution in [0.5, 0.6) is 0 Å². The van der Waals surface area contributed by atoms with Gasteiger partial charge in [-0.1, -0.05) is 12.1 Å². The third-order valence-electron chi connectivity index (χ3n) is 4.76. The lowest BCUT2D eigenvalue weighted by Gasteiger charge is -2.19. The van der Waals surface area contributed by atoms with Gasteiger partial charge in [-0.3, -0.25) is 9.59 Å². The fourth-order valence-electron chi connectivity index (χ4n) is 3.14. The lowest BCUT2D eigenvalue weighted by molar-refractivity contribution is 0.0936. The van der Waals surface area contributed by atoms with E-state index in [0.717, 1.165) is 23.3 Å². The van der Waals surface area contributed by atoms with E-state index in [1.54, 1.807) is 12.1 Å². The van der Waals surface area contributed by atoms with Crippen LogP contribution in [0.1, 0.15) is 57.1 Å². The van der Waals surface area contributed by atoms with Crippen LogP contribution in [0.15, 0.2) is 46.6 Å². The Morgan fingerprint density at radius 3 is 2.71 bits per heavy atom. The number of rotatable bonds is 6. The summed E-state index contributed by atoms with van der Waals surface area (Å²) in [5.41, 5.74) is 1.77. The number of thiophene rings is 1. The SMILES string of the molecule is Cc1cc(C(=O)N[C@@H](Cc2cc(=O)[nH]c(C3CC3)n2)c2ccc(F)cc2)cs1. The zero-order valence-corrected chi connectivity index (χ0v) is 16.2. The Kier molecular flexibility index (Phi) is 5.09. The highest BCUT2D eigenvalue weighted by Gasteiger charge is 2.27. The van der Waals surface area contributed by atoms with Crippen molar-refractivity contribution in [2.24, 2.45) is 0 Å². The number of H-pyrrole nitrogens is 1. The largest absolute Gasteiger partial charge is 0.345 e. The molecule has 144 valence electrons. The van der Waals surface area contributed by atoms with Gasteiger partial charge in [0.15, 0.2) is 0 Å². The molecule has 1 saturated carbocycles. The van der Waals surface area contributed by atoms with Gasteiger partial charge < -0.3 is 10.3 Å². The minimum absolute atomic E-state index is 0.190. The summed E-state index contributed by atoms with van der Waals surface area (Å²) < 4.78 is 13.4. The molecule has 1 aromatic carbocycles. The van der Waals surface area contributed by atoms with Crippen LogP contribution >= 0.6 is 11.3 Å². The van der Waals surface area contributed by atoms with Gasteiger partial charge in [-0.2, -0.15) is 0 Å². The maximum atomic E-state index is 13.4. The minimum Gasteiger partial charge on any atom is -0.345 e. The number of aryl methyl sites for hydroxylation is 1. The Hall–Kier alpha value is -2.80. The Morgan fingerprint density at radius 2 is 2.07 bits per heavy atom. The van der Waals surface area contributed by atoms with Crippen LogP contribution in [0.25, 0.3) is 0 Å². The summed E-state index contributed by atoms with van der Waals surface area (Å²) in [6.07, 6.45) is 2.41. The molecule has 3 aromatic rings. The van der Waals surface area contributed by atoms with Crippen LogP contribution in [0.2, 0.25) is 0 Å². The van der Waals surface area contributed by atoms with Gasteiger partial charge in [0.25, 0.3) is 11.5 Å². The number of nitrogens with zero attached hydrogens (tertiary/aromatic N) is 1. The van der Waals surface area contributed by atoms with Gasteiger partial charge in [0.1, 0.15) is 11.6 Å². The fourth-order valence-corrected chi connectivity index (χ4v) is 3.83. The number of carbonyl (C=O) groups excluding carboxylic acids is 1. The average molecular weight is 397 g/mol. The van der Waals surface area contributed by atoms with Gasteiger partial charge in [0.2, 0.25) is 0 Å². The van der Waals surface area contributed by atoms with Crippen LogP contribution in [-0.4, -0.2) is 15.9 Å². The number of aromatic nitrogens is 2. The van der Waals surface area contributed by atoms with Gasteiger partial charge in [-0.05, 0) is 43.5 Å². The van der Waals surface area contributed by atoms with Crippen LogP contribution < -0.4 is 10.9 Å². The number of carbonyl (C=O) groups is 1. The van der Waals surface area contributed by atoms with Gasteiger partial charge >= 0.3 is 0 Å². The van der Waals surface area contributed by atoms with E-state index in [1.165, 1.54) is 29.5 Å². The van der Waals surface area contributed by atoms with Gasteiger partial charge in [0.05, 0.1) is 17.3 Å². The van der Waals surface area contributed by atoms with E-state index >= 15 is 0 Å². The molecule has 1 amide bonds. The van der Waals surface area contributed by atoms with E-state index in [-0.39, 0.29) is 17.3 Å². The molecule has 0 spiro atoms. The molecule has 1 atom stereocenters. The zero-order chi connectivity index (χ0) is 19.7. The molecule has 1 aliphatic rings. The second-order valence-corrected chi connectivity index (χ2v) is 8.24. The van der Waals surface area contributed by atoms with E-state index in [0.29, 0.717) is 29.4 Å². The Labute approximate surface area is 165 Å². The van der Waals surface area contributed by atoms with E-state index < -0.39 is 6.04 Å². The molecule has 0 radical (unpaired) electrons. The molecule has 1 fully saturated rings. The molecule has 1 aliphatic carbocycles. The quantitative estimate of drug-likeness (QED) is 0.663. The highest BCUT2D eigenvalue weighted by molar-refractivity contribution is 7.10. The smallest absolute Gasteiger partial charge is 0.252 e. The number of nitrogens with one attached hydrogen (secondary N) is 2. The maximum absolute atomic E-state index is 13.4. The Balaban J connectivity index is 1.62. The van der Waals surface area contributed by atoms with Crippen LogP contribution in [0.3, 0.4) is 0 Å². The van der Waals surface area contributed by atoms with Gasteiger partial charge in [0, 0.05) is 28.7 Å². The number of amides is 1. The summed E-state index contributed by atoms with van der Waals surface area (Å²) in [5, 5.41) is 4.82. The molecule has 2 heterocycles. The second kappa shape index (κ2) is 7.67. The summed E-state index contributed by atoms with van der Waals surface area (Å²) in [6.45, 7) is 1.94. The van der Waals surface area contributed by atoms with E-state index in [1.807, 2.05) is 18.4 Å². The molecule has 28 heavy (non-hydrogen) atoms. The summed E-state index contributed by atoms with van der Waals surface area (Å²) >= 11 is 1.51. The van der Waals surface area contributed by atoms with Crippen molar-refractivity contribution in [3.8, 4) is 0 Å². The summed E-state index contributed by atoms with van der Waals surface area (Å²) in [4.78, 5) is 33.1. The van der Waals surface area contributed by atoms with Crippen LogP contribution in [0.4, 0.5) is 4.39 Å². The van der Waals surface area contributed by atoms with Crippen molar-refractivity contribution in [1.29, 1.82) is 0 Å². The Morgan fingerprint density at radius 1 is 1.32 bits per heavy atom. The molecule has 0 saturated heterocycles. The average Bonchev–Trinajstić information content (AvgIpc) is 3.42. The predicted octanol–water partition coefficient (Wildman–Crippen LogP) is 3.87. The Bertz CT molecular complexity index is 1050. The third kappa shape index (κ3) is 4.36. The third-order valence-corrected chi connectivity index (χ3v) is 5.62. The van der Waals surface area contributed by atoms with Gasteiger partial charge in [-0.25, -0.2) is 9.37 Å². The van der Waals surface area contributed by atoms with Crippen molar-refractivity contribution in [3.63, 3.8) is 0 Å². The molecule has 0 bridgehead atoms. The van der Waals surface area contributed by atoms with Crippen LogP contribution in [0, 0.1) is 12.7 Å². The number of aromatic amines is 1. The summed E-state index contributed by atoms with van der Waals surface area (Å²) in [5.74, 6) is 0.485. The number of benzene rings is 1. The first-order valence-electron chi connectivity index (χ1n) is 9.19. The van der Waals surface area contributed by atoms with Crippen molar-refractivity contribution in [2.45, 2.75) is 38.1 Å². The molecule has 7 heteroatoms. The van der Waals surface area contributed by atoms with Crippen molar-refractivity contribution in [2.75, 3.05) is 0 Å². The van der Waals surface area contributed by atoms with E-state index in [9.17, 15) is 14.0 Å². The maximum Gasteiger partial charge on any atom is 0.252 e. The number of hydrogen-bond acceptors (Lipinski definition) is 4. The molecule has 2 N–H and O–H groups in total. The van der Waals surface area contributed by atoms with Crippen molar-refractivity contribution >= 4 is 17.2 Å². The van der Waals surface area contributed by atoms with Crippen LogP contribution in [-0.2, 0) is 6.42 Å². The first-order valence-corrected chi connectivity index (χ1v) is 10.1. The normalized spacial score (nSPS) is 14.6. The predicted molar refractivity (Wildman–Crippen MR) is 106 cm³/mol. The van der Waals surface area contributed by atoms with Gasteiger partial charge in [-0.15, -0.1) is 11.3 Å². The van der Waals surface area contributed by atoms with Crippen molar-refractivity contribution < 1.29 is 9.18 Å². The zero-order valence-electron chi connectivity index (χ0n) is 15.4. The lowest BCUT2D eigenvalue weighted by Crippen LogP contribution is -2.30. The van der Waals surface area contributed by atoms with Crippen molar-refractivity contribution in [3.05, 3.63) is 85.5 Å². The molecule has 5 nitrogen and oxygen atoms in total. The monoisotopic (exact) mass is 397 g/mol. The number of hydrogen-bond donors (Lipinski definition) is 2. The molecule has 0 unspecified atom stereocenters. The highest BCUT2D eigenvalue weighted by Crippen LogP contribution is 2.37. The first kappa shape index (κ1) is 18.6. The highest BCUT2D eigenvalue weighted by atomic mass is 32.1. The second-order valence-electron chi connectivity index (χ2n) is 7.12. The molecule has 0 aliphatic heterocycles. The fraction of sp³-hybridized carbons (Fsp3) is 0.286. The van der Waals surface area contributed by atoms with E-state index in [2.05, 4.69) is 15.3 Å². The summed E-state index contributed by atoms with van der Waals surface area (Å²) in [7, 11) is 0. The lowest BCUT2D eigenvalue weighted by atomic mass is 10.0. The molecule has 4 rings (SSSR count). The summed E-state index contributed by atoms with van der Waals surface area (Å²) in [6, 6.07) is 8.90. The standard InChI is InChI=1S/C21H20FN3O2S/c1-12-8-15(11-28-12)21(27)24-18(13-4-6-16(22)7-5-13)9-17-10-19(26)25-20(23-17)14-2-3-14/h4-8,10-11,14,18H,2-3,9H2,1H3,(H,24,27)(H,23,25,26)/t18-/m0/s1. The first-order chi connectivity index (χ1) is 13.5. The minimum atomic E-state index is -0.422. The van der Waals surface area contributed by atoms with Crippen molar-refractivity contribution in [1.82, 2.24) is 15.3 Å². The van der Waals surface area contributed by atoms with E-state index in [4.69, 9.17) is 0 Å². The molecular formula is C21H20FN3O2S. The number of halogens is 1. The molecule has 2 aromatic heterocycles.